The van der Waals surface area contributed by atoms with Crippen molar-refractivity contribution in [3.8, 4) is 0 Å². The molecule has 2 fully saturated rings. The zero-order chi connectivity index (χ0) is 17.9. The molecule has 0 aromatic heterocycles. The van der Waals surface area contributed by atoms with Crippen molar-refractivity contribution in [2.75, 3.05) is 13.1 Å². The van der Waals surface area contributed by atoms with Gasteiger partial charge in [0.1, 0.15) is 0 Å². The summed E-state index contributed by atoms with van der Waals surface area (Å²) in [6.45, 7) is 0.761. The fraction of sp³-hybridized carbons (Fsp3) is 0.611. The Kier molecular flexibility index (Phi) is 6.02. The first-order valence-electron chi connectivity index (χ1n) is 8.97. The summed E-state index contributed by atoms with van der Waals surface area (Å²) in [6.07, 6.45) is 5.87. The number of hydrogen-bond donors (Lipinski definition) is 1. The molecule has 2 aliphatic rings. The second-order valence-electron chi connectivity index (χ2n) is 7.07. The maximum atomic E-state index is 12.7. The summed E-state index contributed by atoms with van der Waals surface area (Å²) in [5.41, 5.74) is 0.671. The summed E-state index contributed by atoms with van der Waals surface area (Å²) in [5, 5.41) is 3.63. The van der Waals surface area contributed by atoms with Crippen molar-refractivity contribution in [1.29, 1.82) is 0 Å². The fourth-order valence-corrected chi connectivity index (χ4v) is 5.54. The second-order valence-corrected chi connectivity index (χ2v) is 9.48. The number of sulfonamides is 1. The predicted octanol–water partition coefficient (Wildman–Crippen LogP) is 2.94. The summed E-state index contributed by atoms with van der Waals surface area (Å²) < 4.78 is 26.9. The van der Waals surface area contributed by atoms with Crippen LogP contribution in [0.4, 0.5) is 0 Å². The van der Waals surface area contributed by atoms with Crippen LogP contribution in [-0.2, 0) is 20.6 Å². The lowest BCUT2D eigenvalue weighted by atomic mass is 9.98. The van der Waals surface area contributed by atoms with Crippen LogP contribution in [0.3, 0.4) is 0 Å². The van der Waals surface area contributed by atoms with Crippen LogP contribution >= 0.6 is 11.6 Å². The minimum absolute atomic E-state index is 0.00885. The standard InChI is InChI=1S/C18H25ClN2O3S/c19-16-7-3-5-14(11-16)13-25(23,24)21-10-4-6-15(12-21)18(22)20-17-8-1-2-9-17/h3,5,7,11,15,17H,1-2,4,6,8-10,12-13H2,(H,20,22)/t15-/m1/s1. The van der Waals surface area contributed by atoms with Crippen molar-refractivity contribution in [2.24, 2.45) is 5.92 Å². The molecule has 1 amide bonds. The Morgan fingerprint density at radius 1 is 1.20 bits per heavy atom. The maximum Gasteiger partial charge on any atom is 0.224 e. The van der Waals surface area contributed by atoms with Crippen LogP contribution in [0, 0.1) is 5.92 Å². The number of piperidine rings is 1. The van der Waals surface area contributed by atoms with Gasteiger partial charge in [-0.2, -0.15) is 0 Å². The topological polar surface area (TPSA) is 66.5 Å². The molecule has 7 heteroatoms. The van der Waals surface area contributed by atoms with Gasteiger partial charge in [0.15, 0.2) is 0 Å². The molecule has 138 valence electrons. The molecule has 0 bridgehead atoms. The van der Waals surface area contributed by atoms with E-state index in [1.807, 2.05) is 0 Å². The van der Waals surface area contributed by atoms with E-state index in [0.717, 1.165) is 38.5 Å². The van der Waals surface area contributed by atoms with Gasteiger partial charge in [0.05, 0.1) is 11.7 Å². The molecule has 1 N–H and O–H groups in total. The fourth-order valence-electron chi connectivity index (χ4n) is 3.73. The van der Waals surface area contributed by atoms with Crippen LogP contribution in [0.5, 0.6) is 0 Å². The Hall–Kier alpha value is -1.11. The van der Waals surface area contributed by atoms with Crippen molar-refractivity contribution in [2.45, 2.75) is 50.3 Å². The third-order valence-corrected chi connectivity index (χ3v) is 7.14. The highest BCUT2D eigenvalue weighted by Crippen LogP contribution is 2.24. The van der Waals surface area contributed by atoms with Crippen molar-refractivity contribution < 1.29 is 13.2 Å². The van der Waals surface area contributed by atoms with Crippen molar-refractivity contribution in [3.63, 3.8) is 0 Å². The van der Waals surface area contributed by atoms with E-state index in [0.29, 0.717) is 17.1 Å². The Bertz CT molecular complexity index is 717. The summed E-state index contributed by atoms with van der Waals surface area (Å²) in [6, 6.07) is 7.18. The molecule has 1 atom stereocenters. The van der Waals surface area contributed by atoms with Gasteiger partial charge in [-0.15, -0.1) is 0 Å². The van der Waals surface area contributed by atoms with Crippen LogP contribution in [0.15, 0.2) is 24.3 Å². The predicted molar refractivity (Wildman–Crippen MR) is 98.8 cm³/mol. The summed E-state index contributed by atoms with van der Waals surface area (Å²) >= 11 is 5.94. The van der Waals surface area contributed by atoms with Gasteiger partial charge < -0.3 is 5.32 Å². The van der Waals surface area contributed by atoms with Crippen LogP contribution in [0.25, 0.3) is 0 Å². The molecule has 1 heterocycles. The van der Waals surface area contributed by atoms with Gasteiger partial charge in [-0.1, -0.05) is 36.6 Å². The highest BCUT2D eigenvalue weighted by Gasteiger charge is 2.33. The van der Waals surface area contributed by atoms with Crippen molar-refractivity contribution >= 4 is 27.5 Å². The van der Waals surface area contributed by atoms with E-state index in [4.69, 9.17) is 11.6 Å². The molecule has 1 aliphatic heterocycles. The van der Waals surface area contributed by atoms with Crippen LogP contribution in [-0.4, -0.2) is 37.8 Å². The molecule has 1 aromatic rings. The van der Waals surface area contributed by atoms with E-state index in [9.17, 15) is 13.2 Å². The summed E-state index contributed by atoms with van der Waals surface area (Å²) in [7, 11) is -3.45. The van der Waals surface area contributed by atoms with E-state index < -0.39 is 10.0 Å². The molecule has 0 radical (unpaired) electrons. The van der Waals surface area contributed by atoms with Gasteiger partial charge in [0.2, 0.25) is 15.9 Å². The number of benzene rings is 1. The van der Waals surface area contributed by atoms with Crippen LogP contribution in [0.1, 0.15) is 44.1 Å². The third-order valence-electron chi connectivity index (χ3n) is 5.09. The SMILES string of the molecule is O=C(NC1CCCC1)[C@@H]1CCCN(S(=O)(=O)Cc2cccc(Cl)c2)C1. The number of nitrogens with one attached hydrogen (secondary N) is 1. The van der Waals surface area contributed by atoms with Gasteiger partial charge in [-0.3, -0.25) is 4.79 Å². The first-order chi connectivity index (χ1) is 11.9. The largest absolute Gasteiger partial charge is 0.353 e. The first kappa shape index (κ1) is 18.7. The zero-order valence-electron chi connectivity index (χ0n) is 14.3. The van der Waals surface area contributed by atoms with Gasteiger partial charge in [0, 0.05) is 24.2 Å². The van der Waals surface area contributed by atoms with Gasteiger partial charge in [0.25, 0.3) is 0 Å². The van der Waals surface area contributed by atoms with Crippen molar-refractivity contribution in [1.82, 2.24) is 9.62 Å². The molecule has 25 heavy (non-hydrogen) atoms. The minimum atomic E-state index is -3.45. The summed E-state index contributed by atoms with van der Waals surface area (Å²) in [5.74, 6) is -0.317. The number of amides is 1. The van der Waals surface area contributed by atoms with E-state index in [1.54, 1.807) is 24.3 Å². The summed E-state index contributed by atoms with van der Waals surface area (Å²) in [4.78, 5) is 12.5. The second kappa shape index (κ2) is 8.06. The maximum absolute atomic E-state index is 12.7. The zero-order valence-corrected chi connectivity index (χ0v) is 15.9. The molecule has 1 aliphatic carbocycles. The molecule has 0 unspecified atom stereocenters. The van der Waals surface area contributed by atoms with E-state index >= 15 is 0 Å². The molecular formula is C18H25ClN2O3S. The molecule has 1 aromatic carbocycles. The van der Waals surface area contributed by atoms with E-state index in [-0.39, 0.29) is 30.2 Å². The number of rotatable bonds is 5. The minimum Gasteiger partial charge on any atom is -0.353 e. The number of halogens is 1. The molecule has 1 saturated heterocycles. The normalized spacial score (nSPS) is 22.8. The highest BCUT2D eigenvalue weighted by molar-refractivity contribution is 7.88. The Balaban J connectivity index is 1.62. The molecule has 0 spiro atoms. The smallest absolute Gasteiger partial charge is 0.224 e. The van der Waals surface area contributed by atoms with Crippen LogP contribution in [0.2, 0.25) is 5.02 Å². The Morgan fingerprint density at radius 3 is 2.68 bits per heavy atom. The van der Waals surface area contributed by atoms with E-state index in [2.05, 4.69) is 5.32 Å². The van der Waals surface area contributed by atoms with E-state index in [1.165, 1.54) is 4.31 Å². The van der Waals surface area contributed by atoms with Gasteiger partial charge in [-0.05, 0) is 43.4 Å². The van der Waals surface area contributed by atoms with Gasteiger partial charge in [-0.25, -0.2) is 12.7 Å². The monoisotopic (exact) mass is 384 g/mol. The van der Waals surface area contributed by atoms with Crippen LogP contribution < -0.4 is 5.32 Å². The lowest BCUT2D eigenvalue weighted by Gasteiger charge is -2.32. The lowest BCUT2D eigenvalue weighted by molar-refractivity contribution is -0.126. The highest BCUT2D eigenvalue weighted by atomic mass is 35.5. The first-order valence-corrected chi connectivity index (χ1v) is 11.0. The average molecular weight is 385 g/mol. The quantitative estimate of drug-likeness (QED) is 0.848. The third kappa shape index (κ3) is 4.96. The molecule has 3 rings (SSSR count). The molecule has 5 nitrogen and oxygen atoms in total. The van der Waals surface area contributed by atoms with Gasteiger partial charge >= 0.3 is 0 Å². The number of hydrogen-bond acceptors (Lipinski definition) is 3. The number of nitrogens with zero attached hydrogens (tertiary/aromatic N) is 1. The number of carbonyl (C=O) groups excluding carboxylic acids is 1. The lowest BCUT2D eigenvalue weighted by Crippen LogP contribution is -2.47. The van der Waals surface area contributed by atoms with Crippen molar-refractivity contribution in [3.05, 3.63) is 34.9 Å². The molecule has 1 saturated carbocycles. The average Bonchev–Trinajstić information content (AvgIpc) is 3.07. The Labute approximate surface area is 154 Å². The molecular weight excluding hydrogens is 360 g/mol. The Morgan fingerprint density at radius 2 is 1.96 bits per heavy atom. The number of carbonyl (C=O) groups is 1.